The van der Waals surface area contributed by atoms with Crippen molar-refractivity contribution in [2.75, 3.05) is 13.2 Å². The minimum absolute atomic E-state index is 0.0479. The number of ether oxygens (including phenoxy) is 2. The van der Waals surface area contributed by atoms with Gasteiger partial charge in [0.25, 0.3) is 0 Å². The number of carbonyl (C=O) groups is 1. The number of oxazole rings is 1. The first-order chi connectivity index (χ1) is 14.5. The number of carboxylic acids is 1. The summed E-state index contributed by atoms with van der Waals surface area (Å²) in [5, 5.41) is 19.9. The Bertz CT molecular complexity index is 1020. The van der Waals surface area contributed by atoms with Crippen LogP contribution in [0.25, 0.3) is 11.5 Å². The topological polar surface area (TPSA) is 138 Å². The smallest absolute Gasteiger partial charge is 0.357 e. The number of nitro benzene ring substituents is 1. The number of hydrogen-bond donors (Lipinski definition) is 1. The van der Waals surface area contributed by atoms with Crippen molar-refractivity contribution in [1.29, 1.82) is 0 Å². The first-order valence-corrected chi connectivity index (χ1v) is 9.19. The Morgan fingerprint density at radius 3 is 2.63 bits per heavy atom. The number of benzene rings is 1. The van der Waals surface area contributed by atoms with Gasteiger partial charge >= 0.3 is 11.7 Å². The summed E-state index contributed by atoms with van der Waals surface area (Å²) in [6, 6.07) is 9.54. The highest BCUT2D eigenvalue weighted by molar-refractivity contribution is 5.85. The van der Waals surface area contributed by atoms with Crippen molar-refractivity contribution in [2.24, 2.45) is 0 Å². The summed E-state index contributed by atoms with van der Waals surface area (Å²) in [5.74, 6) is -0.357. The normalized spacial score (nSPS) is 10.5. The molecule has 0 atom stereocenters. The third kappa shape index (κ3) is 5.53. The summed E-state index contributed by atoms with van der Waals surface area (Å²) in [4.78, 5) is 29.4. The maximum absolute atomic E-state index is 10.9. The summed E-state index contributed by atoms with van der Waals surface area (Å²) in [6.45, 7) is 0.794. The first kappa shape index (κ1) is 20.8. The van der Waals surface area contributed by atoms with Crippen molar-refractivity contribution >= 4 is 11.7 Å². The maximum Gasteiger partial charge on any atom is 0.357 e. The molecule has 10 nitrogen and oxygen atoms in total. The number of pyridine rings is 1. The number of hydrogen-bond acceptors (Lipinski definition) is 8. The van der Waals surface area contributed by atoms with Gasteiger partial charge in [-0.2, -0.15) is 0 Å². The zero-order valence-corrected chi connectivity index (χ0v) is 15.9. The minimum atomic E-state index is -1.17. The average molecular weight is 413 g/mol. The Morgan fingerprint density at radius 1 is 1.13 bits per heavy atom. The van der Waals surface area contributed by atoms with E-state index in [1.54, 1.807) is 30.3 Å². The van der Waals surface area contributed by atoms with Gasteiger partial charge in [0.05, 0.1) is 18.1 Å². The molecule has 0 aliphatic rings. The highest BCUT2D eigenvalue weighted by atomic mass is 16.6. The van der Waals surface area contributed by atoms with Gasteiger partial charge in [-0.05, 0) is 31.4 Å². The predicted molar refractivity (Wildman–Crippen MR) is 105 cm³/mol. The summed E-state index contributed by atoms with van der Waals surface area (Å²) in [7, 11) is 0. The molecule has 3 aromatic rings. The van der Waals surface area contributed by atoms with Crippen molar-refractivity contribution < 1.29 is 28.7 Å². The van der Waals surface area contributed by atoms with Crippen molar-refractivity contribution in [3.63, 3.8) is 0 Å². The molecule has 0 bridgehead atoms. The molecule has 2 heterocycles. The van der Waals surface area contributed by atoms with Crippen LogP contribution in [-0.4, -0.2) is 39.2 Å². The van der Waals surface area contributed by atoms with Crippen LogP contribution in [0.2, 0.25) is 0 Å². The Balaban J connectivity index is 1.40. The van der Waals surface area contributed by atoms with Gasteiger partial charge in [-0.3, -0.25) is 10.1 Å². The van der Waals surface area contributed by atoms with Crippen molar-refractivity contribution in [2.45, 2.75) is 19.3 Å². The van der Waals surface area contributed by atoms with E-state index in [0.29, 0.717) is 24.7 Å². The molecule has 156 valence electrons. The van der Waals surface area contributed by atoms with E-state index in [2.05, 4.69) is 9.97 Å². The van der Waals surface area contributed by atoms with E-state index >= 15 is 0 Å². The Hall–Kier alpha value is -3.95. The molecule has 2 aromatic heterocycles. The second-order valence-electron chi connectivity index (χ2n) is 6.21. The Morgan fingerprint density at radius 2 is 1.90 bits per heavy atom. The number of aromatic carboxylic acids is 1. The van der Waals surface area contributed by atoms with Crippen LogP contribution >= 0.6 is 0 Å². The zero-order valence-electron chi connectivity index (χ0n) is 15.9. The van der Waals surface area contributed by atoms with Crippen molar-refractivity contribution in [3.05, 3.63) is 64.7 Å². The summed E-state index contributed by atoms with van der Waals surface area (Å²) in [5.41, 5.74) is 0.339. The van der Waals surface area contributed by atoms with E-state index in [9.17, 15) is 14.9 Å². The highest BCUT2D eigenvalue weighted by Gasteiger charge is 2.14. The predicted octanol–water partition coefficient (Wildman–Crippen LogP) is 3.97. The average Bonchev–Trinajstić information content (AvgIpc) is 3.24. The summed E-state index contributed by atoms with van der Waals surface area (Å²) < 4.78 is 16.3. The molecular formula is C20H19N3O7. The molecule has 30 heavy (non-hydrogen) atoms. The van der Waals surface area contributed by atoms with Gasteiger partial charge in [0.2, 0.25) is 11.8 Å². The third-order valence-electron chi connectivity index (χ3n) is 4.06. The number of nitro groups is 1. The van der Waals surface area contributed by atoms with Gasteiger partial charge in [-0.15, -0.1) is 0 Å². The lowest BCUT2D eigenvalue weighted by atomic mass is 10.2. The SMILES string of the molecule is O=C(O)c1coc(-c2ccnc(OCCCCCOc3ccccc3[N+](=O)[O-])c2)n1. The molecule has 0 aliphatic heterocycles. The standard InChI is InChI=1S/C20H19N3O7/c24-20(25)15-13-30-19(22-15)14-8-9-21-18(12-14)29-11-5-1-4-10-28-17-7-3-2-6-16(17)23(26)27/h2-3,6-9,12-13H,1,4-5,10-11H2,(H,24,25). The molecule has 0 saturated carbocycles. The number of rotatable bonds is 11. The maximum atomic E-state index is 10.9. The molecule has 1 aromatic carbocycles. The number of nitrogens with zero attached hydrogens (tertiary/aromatic N) is 3. The largest absolute Gasteiger partial charge is 0.487 e. The number of unbranched alkanes of at least 4 members (excludes halogenated alkanes) is 2. The van der Waals surface area contributed by atoms with Gasteiger partial charge in [-0.1, -0.05) is 12.1 Å². The molecule has 0 fully saturated rings. The van der Waals surface area contributed by atoms with Crippen molar-refractivity contribution in [1.82, 2.24) is 9.97 Å². The molecule has 1 N–H and O–H groups in total. The van der Waals surface area contributed by atoms with E-state index in [4.69, 9.17) is 19.0 Å². The van der Waals surface area contributed by atoms with Crippen LogP contribution < -0.4 is 9.47 Å². The van der Waals surface area contributed by atoms with Crippen LogP contribution in [0, 0.1) is 10.1 Å². The summed E-state index contributed by atoms with van der Waals surface area (Å²) >= 11 is 0. The molecule has 0 saturated heterocycles. The van der Waals surface area contributed by atoms with Crippen LogP contribution in [-0.2, 0) is 0 Å². The van der Waals surface area contributed by atoms with Gasteiger partial charge in [0.1, 0.15) is 6.26 Å². The van der Waals surface area contributed by atoms with E-state index in [1.807, 2.05) is 0 Å². The quantitative estimate of drug-likeness (QED) is 0.281. The molecule has 0 radical (unpaired) electrons. The Labute approximate surface area is 171 Å². The fraction of sp³-hybridized carbons (Fsp3) is 0.250. The third-order valence-corrected chi connectivity index (χ3v) is 4.06. The van der Waals surface area contributed by atoms with Gasteiger partial charge in [-0.25, -0.2) is 14.8 Å². The molecule has 10 heteroatoms. The van der Waals surface area contributed by atoms with E-state index in [-0.39, 0.29) is 23.0 Å². The zero-order chi connectivity index (χ0) is 21.3. The number of carboxylic acid groups (broad SMARTS) is 1. The van der Waals surface area contributed by atoms with Gasteiger partial charge < -0.3 is 19.0 Å². The van der Waals surface area contributed by atoms with Crippen LogP contribution in [0.15, 0.2) is 53.3 Å². The van der Waals surface area contributed by atoms with Crippen LogP contribution in [0.1, 0.15) is 29.8 Å². The van der Waals surface area contributed by atoms with Gasteiger partial charge in [0.15, 0.2) is 11.4 Å². The Kier molecular flexibility index (Phi) is 6.93. The lowest BCUT2D eigenvalue weighted by molar-refractivity contribution is -0.385. The van der Waals surface area contributed by atoms with Crippen LogP contribution in [0.5, 0.6) is 11.6 Å². The second-order valence-corrected chi connectivity index (χ2v) is 6.21. The highest BCUT2D eigenvalue weighted by Crippen LogP contribution is 2.26. The molecule has 3 rings (SSSR count). The molecule has 0 amide bonds. The molecule has 0 unspecified atom stereocenters. The number of aromatic nitrogens is 2. The fourth-order valence-electron chi connectivity index (χ4n) is 2.60. The van der Waals surface area contributed by atoms with E-state index < -0.39 is 10.9 Å². The number of para-hydroxylation sites is 2. The molecular weight excluding hydrogens is 394 g/mol. The van der Waals surface area contributed by atoms with Gasteiger partial charge in [0, 0.05) is 23.9 Å². The van der Waals surface area contributed by atoms with E-state index in [0.717, 1.165) is 25.5 Å². The lowest BCUT2D eigenvalue weighted by Crippen LogP contribution is -2.03. The second kappa shape index (κ2) is 10.0. The first-order valence-electron chi connectivity index (χ1n) is 9.19. The van der Waals surface area contributed by atoms with Crippen LogP contribution in [0.3, 0.4) is 0 Å². The molecule has 0 spiro atoms. The summed E-state index contributed by atoms with van der Waals surface area (Å²) in [6.07, 6.45) is 4.87. The lowest BCUT2D eigenvalue weighted by Gasteiger charge is -2.07. The van der Waals surface area contributed by atoms with E-state index in [1.165, 1.54) is 12.3 Å². The minimum Gasteiger partial charge on any atom is -0.487 e. The van der Waals surface area contributed by atoms with Crippen LogP contribution in [0.4, 0.5) is 5.69 Å². The molecule has 0 aliphatic carbocycles. The fourth-order valence-corrected chi connectivity index (χ4v) is 2.60. The van der Waals surface area contributed by atoms with Crippen molar-refractivity contribution in [3.8, 4) is 23.1 Å². The monoisotopic (exact) mass is 413 g/mol.